The van der Waals surface area contributed by atoms with Gasteiger partial charge in [-0.3, -0.25) is 14.9 Å². The lowest BCUT2D eigenvalue weighted by Crippen LogP contribution is -2.21. The fourth-order valence-electron chi connectivity index (χ4n) is 2.05. The van der Waals surface area contributed by atoms with Gasteiger partial charge in [-0.15, -0.1) is 13.2 Å². The molecular formula is C17H13F3N2O6. The number of hydrogen-bond acceptors (Lipinski definition) is 6. The molecule has 28 heavy (non-hydrogen) atoms. The number of alkyl halides is 3. The highest BCUT2D eigenvalue weighted by Crippen LogP contribution is 2.23. The predicted molar refractivity (Wildman–Crippen MR) is 89.9 cm³/mol. The molecule has 2 aromatic carbocycles. The Morgan fingerprint density at radius 1 is 1.14 bits per heavy atom. The van der Waals surface area contributed by atoms with Gasteiger partial charge in [0.2, 0.25) is 0 Å². The van der Waals surface area contributed by atoms with Gasteiger partial charge in [-0.05, 0) is 36.8 Å². The summed E-state index contributed by atoms with van der Waals surface area (Å²) < 4.78 is 44.7. The van der Waals surface area contributed by atoms with Gasteiger partial charge in [-0.1, -0.05) is 6.07 Å². The third-order valence-corrected chi connectivity index (χ3v) is 3.36. The van der Waals surface area contributed by atoms with E-state index < -0.39 is 35.5 Å². The number of halogens is 3. The SMILES string of the molecule is Cc1ccc([N+](=O)[O-])cc1NC(=O)COC(=O)c1ccc(OC(F)(F)F)cc1. The molecule has 0 spiro atoms. The van der Waals surface area contributed by atoms with Crippen LogP contribution in [0.2, 0.25) is 0 Å². The Labute approximate surface area is 156 Å². The van der Waals surface area contributed by atoms with Crippen LogP contribution in [0.25, 0.3) is 0 Å². The maximum absolute atomic E-state index is 12.1. The van der Waals surface area contributed by atoms with Crippen molar-refractivity contribution < 1.29 is 37.2 Å². The topological polar surface area (TPSA) is 108 Å². The van der Waals surface area contributed by atoms with Crippen molar-refractivity contribution in [3.05, 3.63) is 63.7 Å². The summed E-state index contributed by atoms with van der Waals surface area (Å²) in [7, 11) is 0. The molecule has 0 unspecified atom stereocenters. The largest absolute Gasteiger partial charge is 0.573 e. The number of nitrogens with one attached hydrogen (secondary N) is 1. The zero-order chi connectivity index (χ0) is 20.9. The molecule has 11 heteroatoms. The first kappa shape index (κ1) is 20.7. The first-order chi connectivity index (χ1) is 13.0. The van der Waals surface area contributed by atoms with E-state index in [4.69, 9.17) is 4.74 Å². The average molecular weight is 398 g/mol. The number of benzene rings is 2. The van der Waals surface area contributed by atoms with Crippen LogP contribution in [0.1, 0.15) is 15.9 Å². The van der Waals surface area contributed by atoms with Crippen LogP contribution in [0.5, 0.6) is 5.75 Å². The Hall–Kier alpha value is -3.63. The minimum absolute atomic E-state index is 0.0890. The second-order valence-corrected chi connectivity index (χ2v) is 5.45. The van der Waals surface area contributed by atoms with Gasteiger partial charge in [0.15, 0.2) is 6.61 Å². The molecule has 148 valence electrons. The third-order valence-electron chi connectivity index (χ3n) is 3.36. The number of ether oxygens (including phenoxy) is 2. The highest BCUT2D eigenvalue weighted by Gasteiger charge is 2.31. The molecule has 0 aliphatic rings. The predicted octanol–water partition coefficient (Wildman–Crippen LogP) is 3.60. The number of carbonyl (C=O) groups excluding carboxylic acids is 2. The molecule has 0 saturated carbocycles. The summed E-state index contributed by atoms with van der Waals surface area (Å²) in [5.41, 5.74) is 0.433. The van der Waals surface area contributed by atoms with Gasteiger partial charge < -0.3 is 14.8 Å². The van der Waals surface area contributed by atoms with E-state index in [1.165, 1.54) is 12.1 Å². The maximum Gasteiger partial charge on any atom is 0.573 e. The fourth-order valence-corrected chi connectivity index (χ4v) is 2.05. The van der Waals surface area contributed by atoms with Crippen molar-refractivity contribution in [3.8, 4) is 5.75 Å². The Morgan fingerprint density at radius 3 is 2.36 bits per heavy atom. The van der Waals surface area contributed by atoms with Gasteiger partial charge in [0.05, 0.1) is 16.2 Å². The summed E-state index contributed by atoms with van der Waals surface area (Å²) >= 11 is 0. The Kier molecular flexibility index (Phi) is 6.18. The van der Waals surface area contributed by atoms with Gasteiger partial charge in [-0.2, -0.15) is 0 Å². The summed E-state index contributed by atoms with van der Waals surface area (Å²) in [5.74, 6) is -2.19. The quantitative estimate of drug-likeness (QED) is 0.453. The zero-order valence-corrected chi connectivity index (χ0v) is 14.3. The number of carbonyl (C=O) groups is 2. The first-order valence-corrected chi connectivity index (χ1v) is 7.63. The number of nitro groups is 1. The van der Waals surface area contributed by atoms with Gasteiger partial charge >= 0.3 is 12.3 Å². The molecular weight excluding hydrogens is 385 g/mol. The van der Waals surface area contributed by atoms with E-state index >= 15 is 0 Å². The van der Waals surface area contributed by atoms with Crippen LogP contribution in [0.15, 0.2) is 42.5 Å². The van der Waals surface area contributed by atoms with Crippen molar-refractivity contribution in [2.75, 3.05) is 11.9 Å². The highest BCUT2D eigenvalue weighted by molar-refractivity contribution is 5.96. The molecule has 1 amide bonds. The average Bonchev–Trinajstić information content (AvgIpc) is 2.60. The van der Waals surface area contributed by atoms with Crippen LogP contribution >= 0.6 is 0 Å². The smallest absolute Gasteiger partial charge is 0.452 e. The van der Waals surface area contributed by atoms with Crippen LogP contribution in [0.3, 0.4) is 0 Å². The molecule has 0 aromatic heterocycles. The summed E-state index contributed by atoms with van der Waals surface area (Å²) in [5, 5.41) is 13.2. The first-order valence-electron chi connectivity index (χ1n) is 7.63. The molecule has 0 fully saturated rings. The molecule has 2 aromatic rings. The minimum atomic E-state index is -4.86. The number of aryl methyl sites for hydroxylation is 1. The molecule has 0 radical (unpaired) electrons. The van der Waals surface area contributed by atoms with Crippen LogP contribution in [0.4, 0.5) is 24.5 Å². The monoisotopic (exact) mass is 398 g/mol. The van der Waals surface area contributed by atoms with Crippen molar-refractivity contribution in [1.29, 1.82) is 0 Å². The lowest BCUT2D eigenvalue weighted by molar-refractivity contribution is -0.384. The fraction of sp³-hybridized carbons (Fsp3) is 0.176. The number of hydrogen-bond donors (Lipinski definition) is 1. The van der Waals surface area contributed by atoms with E-state index in [2.05, 4.69) is 10.1 Å². The van der Waals surface area contributed by atoms with E-state index in [1.807, 2.05) is 0 Å². The number of non-ortho nitro benzene ring substituents is 1. The van der Waals surface area contributed by atoms with Gasteiger partial charge in [0.25, 0.3) is 11.6 Å². The number of nitrogens with zero attached hydrogens (tertiary/aromatic N) is 1. The van der Waals surface area contributed by atoms with Crippen LogP contribution < -0.4 is 10.1 Å². The van der Waals surface area contributed by atoms with Crippen LogP contribution in [-0.4, -0.2) is 29.8 Å². The lowest BCUT2D eigenvalue weighted by Gasteiger charge is -2.10. The number of anilines is 1. The number of esters is 1. The Balaban J connectivity index is 1.93. The molecule has 2 rings (SSSR count). The van der Waals surface area contributed by atoms with E-state index in [-0.39, 0.29) is 16.9 Å². The molecule has 0 heterocycles. The standard InChI is InChI=1S/C17H13F3N2O6/c1-10-2-5-12(22(25)26)8-14(10)21-15(23)9-27-16(24)11-3-6-13(7-4-11)28-17(18,19)20/h2-8H,9H2,1H3,(H,21,23). The van der Waals surface area contributed by atoms with Gasteiger partial charge in [0.1, 0.15) is 5.75 Å². The van der Waals surface area contributed by atoms with Crippen molar-refractivity contribution in [3.63, 3.8) is 0 Å². The Morgan fingerprint density at radius 2 is 1.79 bits per heavy atom. The Bertz CT molecular complexity index is 897. The van der Waals surface area contributed by atoms with Crippen LogP contribution in [0, 0.1) is 17.0 Å². The van der Waals surface area contributed by atoms with E-state index in [0.29, 0.717) is 5.56 Å². The van der Waals surface area contributed by atoms with Crippen molar-refractivity contribution in [1.82, 2.24) is 0 Å². The van der Waals surface area contributed by atoms with Gasteiger partial charge in [0, 0.05) is 12.1 Å². The molecule has 0 saturated heterocycles. The summed E-state index contributed by atoms with van der Waals surface area (Å²) in [6.45, 7) is 0.928. The van der Waals surface area contributed by atoms with E-state index in [9.17, 15) is 32.9 Å². The summed E-state index contributed by atoms with van der Waals surface area (Å²) in [6, 6.07) is 7.83. The molecule has 1 N–H and O–H groups in total. The van der Waals surface area contributed by atoms with E-state index in [0.717, 1.165) is 30.3 Å². The van der Waals surface area contributed by atoms with Crippen molar-refractivity contribution in [2.45, 2.75) is 13.3 Å². The number of rotatable bonds is 6. The normalized spacial score (nSPS) is 10.9. The summed E-state index contributed by atoms with van der Waals surface area (Å²) in [4.78, 5) is 33.9. The third kappa shape index (κ3) is 5.97. The lowest BCUT2D eigenvalue weighted by atomic mass is 10.2. The molecule has 0 aliphatic heterocycles. The van der Waals surface area contributed by atoms with Crippen LogP contribution in [-0.2, 0) is 9.53 Å². The summed E-state index contributed by atoms with van der Waals surface area (Å²) in [6.07, 6.45) is -4.86. The number of nitro benzene ring substituents is 1. The van der Waals surface area contributed by atoms with E-state index in [1.54, 1.807) is 6.92 Å². The minimum Gasteiger partial charge on any atom is -0.452 e. The van der Waals surface area contributed by atoms with Crippen molar-refractivity contribution in [2.24, 2.45) is 0 Å². The van der Waals surface area contributed by atoms with Crippen molar-refractivity contribution >= 4 is 23.3 Å². The number of amides is 1. The zero-order valence-electron chi connectivity index (χ0n) is 14.3. The van der Waals surface area contributed by atoms with Gasteiger partial charge in [-0.25, -0.2) is 4.79 Å². The second-order valence-electron chi connectivity index (χ2n) is 5.45. The second kappa shape index (κ2) is 8.37. The molecule has 0 atom stereocenters. The molecule has 0 bridgehead atoms. The molecule has 8 nitrogen and oxygen atoms in total. The molecule has 0 aliphatic carbocycles. The highest BCUT2D eigenvalue weighted by atomic mass is 19.4. The maximum atomic E-state index is 12.1.